The summed E-state index contributed by atoms with van der Waals surface area (Å²) in [5, 5.41) is 0.296. The minimum Gasteiger partial charge on any atom is -0.375 e. The van der Waals surface area contributed by atoms with Gasteiger partial charge in [-0.2, -0.15) is 0 Å². The van der Waals surface area contributed by atoms with Gasteiger partial charge in [0.2, 0.25) is 5.91 Å². The lowest BCUT2D eigenvalue weighted by molar-refractivity contribution is -0.136. The molecule has 1 aliphatic heterocycles. The van der Waals surface area contributed by atoms with E-state index in [0.717, 1.165) is 0 Å². The van der Waals surface area contributed by atoms with Gasteiger partial charge in [0.1, 0.15) is 17.5 Å². The van der Waals surface area contributed by atoms with Crippen LogP contribution in [0.25, 0.3) is 0 Å². The van der Waals surface area contributed by atoms with E-state index in [9.17, 15) is 9.59 Å². The third kappa shape index (κ3) is 3.46. The van der Waals surface area contributed by atoms with Crippen LogP contribution in [-0.4, -0.2) is 66.5 Å². The maximum absolute atomic E-state index is 12.2. The molecular formula is C13H16ClN3O3. The highest BCUT2D eigenvalue weighted by atomic mass is 35.5. The summed E-state index contributed by atoms with van der Waals surface area (Å²) in [6, 6.07) is 4.96. The van der Waals surface area contributed by atoms with Crippen molar-refractivity contribution in [2.45, 2.75) is 0 Å². The smallest absolute Gasteiger partial charge is 0.272 e. The van der Waals surface area contributed by atoms with Crippen molar-refractivity contribution in [1.29, 1.82) is 0 Å². The highest BCUT2D eigenvalue weighted by Gasteiger charge is 2.25. The lowest BCUT2D eigenvalue weighted by atomic mass is 10.2. The fourth-order valence-corrected chi connectivity index (χ4v) is 2.23. The largest absolute Gasteiger partial charge is 0.375 e. The second-order valence-corrected chi connectivity index (χ2v) is 4.84. The van der Waals surface area contributed by atoms with Crippen LogP contribution in [0.4, 0.5) is 0 Å². The quantitative estimate of drug-likeness (QED) is 0.769. The highest BCUT2D eigenvalue weighted by molar-refractivity contribution is 6.29. The molecule has 20 heavy (non-hydrogen) atoms. The Morgan fingerprint density at radius 2 is 1.90 bits per heavy atom. The molecular weight excluding hydrogens is 282 g/mol. The van der Waals surface area contributed by atoms with Crippen molar-refractivity contribution >= 4 is 23.4 Å². The third-order valence-electron chi connectivity index (χ3n) is 3.12. The van der Waals surface area contributed by atoms with E-state index in [1.165, 1.54) is 7.11 Å². The molecule has 7 heteroatoms. The van der Waals surface area contributed by atoms with Crippen LogP contribution >= 0.6 is 11.6 Å². The van der Waals surface area contributed by atoms with Crippen molar-refractivity contribution in [2.75, 3.05) is 39.9 Å². The summed E-state index contributed by atoms with van der Waals surface area (Å²) < 4.78 is 4.82. The third-order valence-corrected chi connectivity index (χ3v) is 3.33. The van der Waals surface area contributed by atoms with Crippen LogP contribution in [0.3, 0.4) is 0 Å². The lowest BCUT2D eigenvalue weighted by Crippen LogP contribution is -2.51. The second kappa shape index (κ2) is 6.67. The van der Waals surface area contributed by atoms with Crippen molar-refractivity contribution in [3.63, 3.8) is 0 Å². The number of pyridine rings is 1. The number of methoxy groups -OCH3 is 1. The molecule has 2 amide bonds. The molecule has 1 aromatic heterocycles. The SMILES string of the molecule is COCC(=O)N1CCN(C(=O)c2cccc(Cl)n2)CC1. The number of piperazine rings is 1. The first-order chi connectivity index (χ1) is 9.61. The van der Waals surface area contributed by atoms with Crippen molar-refractivity contribution in [2.24, 2.45) is 0 Å². The molecule has 6 nitrogen and oxygen atoms in total. The van der Waals surface area contributed by atoms with Crippen LogP contribution < -0.4 is 0 Å². The van der Waals surface area contributed by atoms with E-state index in [1.54, 1.807) is 28.0 Å². The Kier molecular flexibility index (Phi) is 4.92. The molecule has 0 N–H and O–H groups in total. The Bertz CT molecular complexity index is 501. The number of rotatable bonds is 3. The number of hydrogen-bond donors (Lipinski definition) is 0. The average Bonchev–Trinajstić information content (AvgIpc) is 2.47. The van der Waals surface area contributed by atoms with Crippen molar-refractivity contribution in [3.05, 3.63) is 29.0 Å². The molecule has 108 valence electrons. The maximum Gasteiger partial charge on any atom is 0.272 e. The van der Waals surface area contributed by atoms with Crippen LogP contribution in [0.1, 0.15) is 10.5 Å². The molecule has 2 heterocycles. The molecule has 0 radical (unpaired) electrons. The van der Waals surface area contributed by atoms with Gasteiger partial charge >= 0.3 is 0 Å². The predicted molar refractivity (Wildman–Crippen MR) is 73.6 cm³/mol. The number of aromatic nitrogens is 1. The van der Waals surface area contributed by atoms with Crippen molar-refractivity contribution < 1.29 is 14.3 Å². The summed E-state index contributed by atoms with van der Waals surface area (Å²) in [5.74, 6) is -0.216. The fourth-order valence-electron chi connectivity index (χ4n) is 2.06. The zero-order chi connectivity index (χ0) is 14.5. The fraction of sp³-hybridized carbons (Fsp3) is 0.462. The van der Waals surface area contributed by atoms with Gasteiger partial charge < -0.3 is 14.5 Å². The van der Waals surface area contributed by atoms with Gasteiger partial charge in [-0.25, -0.2) is 4.98 Å². The molecule has 0 saturated carbocycles. The topological polar surface area (TPSA) is 62.7 Å². The Morgan fingerprint density at radius 3 is 2.50 bits per heavy atom. The van der Waals surface area contributed by atoms with Crippen LogP contribution in [0.5, 0.6) is 0 Å². The first-order valence-corrected chi connectivity index (χ1v) is 6.68. The maximum atomic E-state index is 12.2. The van der Waals surface area contributed by atoms with Crippen LogP contribution in [0, 0.1) is 0 Å². The lowest BCUT2D eigenvalue weighted by Gasteiger charge is -2.34. The molecule has 1 fully saturated rings. The standard InChI is InChI=1S/C13H16ClN3O3/c1-20-9-12(18)16-5-7-17(8-6-16)13(19)10-3-2-4-11(14)15-10/h2-4H,5-9H2,1H3. The predicted octanol–water partition coefficient (Wildman–Crippen LogP) is 0.666. The molecule has 2 rings (SSSR count). The molecule has 0 unspecified atom stereocenters. The minimum atomic E-state index is -0.161. The average molecular weight is 298 g/mol. The summed E-state index contributed by atoms with van der Waals surface area (Å²) in [5.41, 5.74) is 0.328. The van der Waals surface area contributed by atoms with Crippen molar-refractivity contribution in [1.82, 2.24) is 14.8 Å². The van der Waals surface area contributed by atoms with E-state index in [4.69, 9.17) is 16.3 Å². The van der Waals surface area contributed by atoms with Crippen molar-refractivity contribution in [3.8, 4) is 0 Å². The number of halogens is 1. The van der Waals surface area contributed by atoms with E-state index < -0.39 is 0 Å². The van der Waals surface area contributed by atoms with Gasteiger partial charge in [-0.1, -0.05) is 17.7 Å². The van der Waals surface area contributed by atoms with E-state index in [2.05, 4.69) is 4.98 Å². The van der Waals surface area contributed by atoms with E-state index in [-0.39, 0.29) is 18.4 Å². The summed E-state index contributed by atoms with van der Waals surface area (Å²) >= 11 is 5.78. The number of hydrogen-bond acceptors (Lipinski definition) is 4. The molecule has 0 aliphatic carbocycles. The van der Waals surface area contributed by atoms with Gasteiger partial charge in [0.25, 0.3) is 5.91 Å². The van der Waals surface area contributed by atoms with Crippen LogP contribution in [-0.2, 0) is 9.53 Å². The Morgan fingerprint density at radius 1 is 1.25 bits per heavy atom. The van der Waals surface area contributed by atoms with Crippen LogP contribution in [0.2, 0.25) is 5.15 Å². The Hall–Kier alpha value is -1.66. The number of carbonyl (C=O) groups excluding carboxylic acids is 2. The second-order valence-electron chi connectivity index (χ2n) is 4.45. The molecule has 1 saturated heterocycles. The summed E-state index contributed by atoms with van der Waals surface area (Å²) in [6.45, 7) is 2.07. The van der Waals surface area contributed by atoms with Gasteiger partial charge in [0, 0.05) is 33.3 Å². The van der Waals surface area contributed by atoms with E-state index in [0.29, 0.717) is 37.0 Å². The first kappa shape index (κ1) is 14.7. The zero-order valence-electron chi connectivity index (χ0n) is 11.2. The molecule has 0 aromatic carbocycles. The normalized spacial score (nSPS) is 15.3. The van der Waals surface area contributed by atoms with Gasteiger partial charge in [0.05, 0.1) is 0 Å². The monoisotopic (exact) mass is 297 g/mol. The van der Waals surface area contributed by atoms with Gasteiger partial charge in [-0.15, -0.1) is 0 Å². The molecule has 0 bridgehead atoms. The number of nitrogens with zero attached hydrogens (tertiary/aromatic N) is 3. The molecule has 1 aromatic rings. The summed E-state index contributed by atoms with van der Waals surface area (Å²) in [7, 11) is 1.49. The molecule has 0 atom stereocenters. The number of ether oxygens (including phenoxy) is 1. The Balaban J connectivity index is 1.93. The van der Waals surface area contributed by atoms with E-state index in [1.807, 2.05) is 0 Å². The summed E-state index contributed by atoms with van der Waals surface area (Å²) in [4.78, 5) is 31.3. The number of carbonyl (C=O) groups is 2. The Labute approximate surface area is 122 Å². The zero-order valence-corrected chi connectivity index (χ0v) is 12.0. The van der Waals surface area contributed by atoms with Crippen LogP contribution in [0.15, 0.2) is 18.2 Å². The minimum absolute atomic E-state index is 0.0551. The van der Waals surface area contributed by atoms with Gasteiger partial charge in [-0.05, 0) is 12.1 Å². The molecule has 0 spiro atoms. The summed E-state index contributed by atoms with van der Waals surface area (Å²) in [6.07, 6.45) is 0. The van der Waals surface area contributed by atoms with Gasteiger partial charge in [0.15, 0.2) is 0 Å². The van der Waals surface area contributed by atoms with E-state index >= 15 is 0 Å². The highest BCUT2D eigenvalue weighted by Crippen LogP contribution is 2.10. The van der Waals surface area contributed by atoms with Gasteiger partial charge in [-0.3, -0.25) is 9.59 Å². The molecule has 1 aliphatic rings. The number of amides is 2. The first-order valence-electron chi connectivity index (χ1n) is 6.30.